The molecule has 1 aliphatic rings. The molecule has 68 valence electrons. The minimum Gasteiger partial charge on any atom is -0.349 e. The van der Waals surface area contributed by atoms with Crippen LogP contribution in [0.3, 0.4) is 0 Å². The molecular formula is C9H10IN3. The van der Waals surface area contributed by atoms with Crippen molar-refractivity contribution in [3.63, 3.8) is 0 Å². The molecule has 0 saturated heterocycles. The third-order valence-corrected chi connectivity index (χ3v) is 2.49. The van der Waals surface area contributed by atoms with Gasteiger partial charge in [0.1, 0.15) is 15.3 Å². The normalized spacial score (nSPS) is 15.4. The Kier molecular flexibility index (Phi) is 2.48. The third-order valence-electron chi connectivity index (χ3n) is 1.94. The number of hydrogen-bond acceptors (Lipinski definition) is 3. The Labute approximate surface area is 91.0 Å². The van der Waals surface area contributed by atoms with E-state index in [4.69, 9.17) is 0 Å². The second-order valence-corrected chi connectivity index (χ2v) is 4.08. The van der Waals surface area contributed by atoms with Crippen LogP contribution >= 0.6 is 22.6 Å². The van der Waals surface area contributed by atoms with Crippen molar-refractivity contribution < 1.29 is 0 Å². The fraction of sp³-hybridized carbons (Fsp3) is 0.333. The molecule has 1 aromatic rings. The van der Waals surface area contributed by atoms with E-state index in [1.807, 2.05) is 13.0 Å². The van der Waals surface area contributed by atoms with Crippen LogP contribution in [-0.2, 0) is 0 Å². The van der Waals surface area contributed by atoms with Gasteiger partial charge in [0.25, 0.3) is 0 Å². The smallest absolute Gasteiger partial charge is 0.133 e. The van der Waals surface area contributed by atoms with Crippen molar-refractivity contribution in [1.82, 2.24) is 9.97 Å². The molecule has 3 nitrogen and oxygen atoms in total. The van der Waals surface area contributed by atoms with E-state index >= 15 is 0 Å². The molecule has 0 bridgehead atoms. The highest BCUT2D eigenvalue weighted by atomic mass is 127. The van der Waals surface area contributed by atoms with Gasteiger partial charge in [-0.15, -0.1) is 0 Å². The Morgan fingerprint density at radius 3 is 2.62 bits per heavy atom. The first-order valence-electron chi connectivity index (χ1n) is 4.17. The maximum absolute atomic E-state index is 4.39. The van der Waals surface area contributed by atoms with Crippen LogP contribution < -0.4 is 4.90 Å². The SMILES string of the molecule is Cc1nc(I)cc(N2CC=CC2)n1. The zero-order valence-corrected chi connectivity index (χ0v) is 9.52. The highest BCUT2D eigenvalue weighted by molar-refractivity contribution is 14.1. The second kappa shape index (κ2) is 3.61. The minimum absolute atomic E-state index is 0.841. The van der Waals surface area contributed by atoms with Crippen LogP contribution in [0.2, 0.25) is 0 Å². The zero-order valence-electron chi connectivity index (χ0n) is 7.37. The molecule has 0 aliphatic carbocycles. The predicted molar refractivity (Wildman–Crippen MR) is 60.8 cm³/mol. The topological polar surface area (TPSA) is 29.0 Å². The highest BCUT2D eigenvalue weighted by Crippen LogP contribution is 2.15. The molecule has 1 aliphatic heterocycles. The average Bonchev–Trinajstić information content (AvgIpc) is 2.53. The molecular weight excluding hydrogens is 277 g/mol. The van der Waals surface area contributed by atoms with E-state index in [9.17, 15) is 0 Å². The average molecular weight is 287 g/mol. The Balaban J connectivity index is 2.29. The first kappa shape index (κ1) is 8.93. The molecule has 0 radical (unpaired) electrons. The summed E-state index contributed by atoms with van der Waals surface area (Å²) in [6.07, 6.45) is 4.31. The molecule has 0 amide bonds. The number of hydrogen-bond donors (Lipinski definition) is 0. The van der Waals surface area contributed by atoms with Crippen LogP contribution in [0.4, 0.5) is 5.82 Å². The fourth-order valence-corrected chi connectivity index (χ4v) is 1.97. The summed E-state index contributed by atoms with van der Waals surface area (Å²) in [6, 6.07) is 2.01. The Morgan fingerprint density at radius 2 is 2.00 bits per heavy atom. The Morgan fingerprint density at radius 1 is 1.31 bits per heavy atom. The lowest BCUT2D eigenvalue weighted by atomic mass is 10.5. The molecule has 0 N–H and O–H groups in total. The summed E-state index contributed by atoms with van der Waals surface area (Å²) in [5.74, 6) is 1.87. The molecule has 2 rings (SSSR count). The van der Waals surface area contributed by atoms with Gasteiger partial charge in [0.05, 0.1) is 0 Å². The van der Waals surface area contributed by atoms with E-state index in [2.05, 4.69) is 49.6 Å². The quantitative estimate of drug-likeness (QED) is 0.448. The van der Waals surface area contributed by atoms with Gasteiger partial charge in [-0.25, -0.2) is 9.97 Å². The van der Waals surface area contributed by atoms with Gasteiger partial charge in [-0.05, 0) is 29.5 Å². The predicted octanol–water partition coefficient (Wildman–Crippen LogP) is 1.77. The van der Waals surface area contributed by atoms with E-state index in [0.717, 1.165) is 28.4 Å². The number of aryl methyl sites for hydroxylation is 1. The Hall–Kier alpha value is -0.650. The van der Waals surface area contributed by atoms with Crippen molar-refractivity contribution in [2.45, 2.75) is 6.92 Å². The number of aromatic nitrogens is 2. The van der Waals surface area contributed by atoms with Crippen molar-refractivity contribution in [3.8, 4) is 0 Å². The molecule has 0 fully saturated rings. The van der Waals surface area contributed by atoms with Crippen molar-refractivity contribution in [3.05, 3.63) is 27.7 Å². The van der Waals surface area contributed by atoms with E-state index in [-0.39, 0.29) is 0 Å². The molecule has 13 heavy (non-hydrogen) atoms. The first-order chi connectivity index (χ1) is 6.25. The molecule has 0 aromatic carbocycles. The maximum atomic E-state index is 4.39. The lowest BCUT2D eigenvalue weighted by Gasteiger charge is -2.16. The minimum atomic E-state index is 0.841. The molecule has 4 heteroatoms. The summed E-state index contributed by atoms with van der Waals surface area (Å²) in [7, 11) is 0. The Bertz CT molecular complexity index is 320. The molecule has 0 atom stereocenters. The summed E-state index contributed by atoms with van der Waals surface area (Å²) >= 11 is 2.22. The van der Waals surface area contributed by atoms with E-state index in [1.54, 1.807) is 0 Å². The first-order valence-corrected chi connectivity index (χ1v) is 5.25. The monoisotopic (exact) mass is 287 g/mol. The lowest BCUT2D eigenvalue weighted by molar-refractivity contribution is 0.925. The van der Waals surface area contributed by atoms with Crippen molar-refractivity contribution in [1.29, 1.82) is 0 Å². The van der Waals surface area contributed by atoms with E-state index < -0.39 is 0 Å². The van der Waals surface area contributed by atoms with E-state index in [0.29, 0.717) is 0 Å². The molecule has 0 saturated carbocycles. The van der Waals surface area contributed by atoms with Gasteiger partial charge in [0.2, 0.25) is 0 Å². The largest absolute Gasteiger partial charge is 0.349 e. The van der Waals surface area contributed by atoms with Gasteiger partial charge in [0.15, 0.2) is 0 Å². The summed E-state index contributed by atoms with van der Waals surface area (Å²) in [5.41, 5.74) is 0. The van der Waals surface area contributed by atoms with Crippen LogP contribution in [-0.4, -0.2) is 23.1 Å². The van der Waals surface area contributed by atoms with Crippen LogP contribution in [0.1, 0.15) is 5.82 Å². The number of anilines is 1. The zero-order chi connectivity index (χ0) is 9.26. The van der Waals surface area contributed by atoms with Gasteiger partial charge < -0.3 is 4.90 Å². The maximum Gasteiger partial charge on any atom is 0.133 e. The van der Waals surface area contributed by atoms with Crippen LogP contribution in [0.25, 0.3) is 0 Å². The summed E-state index contributed by atoms with van der Waals surface area (Å²) in [6.45, 7) is 3.86. The molecule has 0 spiro atoms. The summed E-state index contributed by atoms with van der Waals surface area (Å²) < 4.78 is 1.01. The number of rotatable bonds is 1. The van der Waals surface area contributed by atoms with Crippen molar-refractivity contribution in [2.24, 2.45) is 0 Å². The van der Waals surface area contributed by atoms with Gasteiger partial charge in [-0.1, -0.05) is 12.2 Å². The van der Waals surface area contributed by atoms with Gasteiger partial charge in [0, 0.05) is 19.2 Å². The van der Waals surface area contributed by atoms with Crippen LogP contribution in [0.15, 0.2) is 18.2 Å². The standard InChI is InChI=1S/C9H10IN3/c1-7-11-8(10)6-9(12-7)13-4-2-3-5-13/h2-3,6H,4-5H2,1H3. The van der Waals surface area contributed by atoms with Gasteiger partial charge in [-0.2, -0.15) is 0 Å². The van der Waals surface area contributed by atoms with Crippen LogP contribution in [0.5, 0.6) is 0 Å². The van der Waals surface area contributed by atoms with Crippen molar-refractivity contribution in [2.75, 3.05) is 18.0 Å². The fourth-order valence-electron chi connectivity index (χ4n) is 1.34. The molecule has 0 unspecified atom stereocenters. The molecule has 2 heterocycles. The summed E-state index contributed by atoms with van der Waals surface area (Å²) in [5, 5.41) is 0. The second-order valence-electron chi connectivity index (χ2n) is 2.97. The number of nitrogens with zero attached hydrogens (tertiary/aromatic N) is 3. The highest BCUT2D eigenvalue weighted by Gasteiger charge is 2.09. The number of halogens is 1. The van der Waals surface area contributed by atoms with Gasteiger partial charge >= 0.3 is 0 Å². The third kappa shape index (κ3) is 1.99. The van der Waals surface area contributed by atoms with Crippen molar-refractivity contribution >= 4 is 28.4 Å². The van der Waals surface area contributed by atoms with E-state index in [1.165, 1.54) is 0 Å². The molecule has 1 aromatic heterocycles. The van der Waals surface area contributed by atoms with Gasteiger partial charge in [-0.3, -0.25) is 0 Å². The summed E-state index contributed by atoms with van der Waals surface area (Å²) in [4.78, 5) is 10.8. The van der Waals surface area contributed by atoms with Crippen LogP contribution in [0, 0.1) is 10.6 Å². The lowest BCUT2D eigenvalue weighted by Crippen LogP contribution is -2.20.